The maximum Gasteiger partial charge on any atom is 0.0703 e. The Morgan fingerprint density at radius 3 is 2.46 bits per heavy atom. The van der Waals surface area contributed by atoms with Crippen molar-refractivity contribution >= 4 is 10.8 Å². The summed E-state index contributed by atoms with van der Waals surface area (Å²) in [5.41, 5.74) is 12.5. The van der Waals surface area contributed by atoms with Crippen LogP contribution in [0.15, 0.2) is 42.5 Å². The lowest BCUT2D eigenvalue weighted by atomic mass is 9.76. The molecule has 26 heavy (non-hydrogen) atoms. The zero-order chi connectivity index (χ0) is 19.0. The lowest BCUT2D eigenvalue weighted by Gasteiger charge is -2.28. The van der Waals surface area contributed by atoms with E-state index in [1.54, 1.807) is 0 Å². The number of ether oxygens (including phenoxy) is 1. The van der Waals surface area contributed by atoms with E-state index in [4.69, 9.17) is 21.3 Å². The number of nitrogens with two attached hydrogens (primary N) is 2. The molecule has 1 saturated heterocycles. The Morgan fingerprint density at radius 2 is 1.88 bits per heavy atom. The second-order valence-electron chi connectivity index (χ2n) is 7.83. The lowest BCUT2D eigenvalue weighted by molar-refractivity contribution is 0.0828. The second-order valence-corrected chi connectivity index (χ2v) is 7.83. The van der Waals surface area contributed by atoms with Crippen molar-refractivity contribution in [1.82, 2.24) is 0 Å². The highest BCUT2D eigenvalue weighted by molar-refractivity contribution is 5.82. The number of hydrogen-bond acceptors (Lipinski definition) is 4. The Labute approximate surface area is 157 Å². The van der Waals surface area contributed by atoms with Crippen LogP contribution in [0.3, 0.4) is 0 Å². The fraction of sp³-hybridized carbons (Fsp3) is 0.545. The van der Waals surface area contributed by atoms with Crippen LogP contribution in [-0.4, -0.2) is 31.0 Å². The molecule has 0 saturated carbocycles. The largest absolute Gasteiger partial charge is 0.396 e. The highest BCUT2D eigenvalue weighted by atomic mass is 16.5. The number of fused-ring (bicyclic) bond motifs is 1. The van der Waals surface area contributed by atoms with Crippen LogP contribution in [0.1, 0.15) is 38.7 Å². The average Bonchev–Trinajstić information content (AvgIpc) is 3.04. The van der Waals surface area contributed by atoms with E-state index in [9.17, 15) is 0 Å². The van der Waals surface area contributed by atoms with Gasteiger partial charge >= 0.3 is 0 Å². The van der Waals surface area contributed by atoms with Crippen molar-refractivity contribution in [2.75, 3.05) is 19.8 Å². The molecule has 4 nitrogen and oxygen atoms in total. The summed E-state index contributed by atoms with van der Waals surface area (Å²) < 4.78 is 5.64. The molecule has 144 valence electrons. The Kier molecular flexibility index (Phi) is 8.04. The van der Waals surface area contributed by atoms with Crippen molar-refractivity contribution < 1.29 is 9.84 Å². The van der Waals surface area contributed by atoms with Gasteiger partial charge in [0.2, 0.25) is 0 Å². The van der Waals surface area contributed by atoms with Crippen molar-refractivity contribution in [3.8, 4) is 0 Å². The fourth-order valence-electron chi connectivity index (χ4n) is 3.93. The first-order chi connectivity index (χ1) is 12.5. The van der Waals surface area contributed by atoms with Crippen molar-refractivity contribution in [3.05, 3.63) is 48.0 Å². The standard InChI is InChI=1S/C11H23NO2.C11H11N/c1-9(2)5-11(3-4-13)6-10(7-12)14-8-11;12-8-9-5-6-10-3-1-2-4-11(10)7-9/h9-10,13H,3-8,12H2,1-2H3;1-7H,8,12H2/t10-,11-;/m1./s1. The van der Waals surface area contributed by atoms with Gasteiger partial charge < -0.3 is 21.3 Å². The van der Waals surface area contributed by atoms with Gasteiger partial charge in [0.05, 0.1) is 12.7 Å². The molecule has 1 aliphatic rings. The van der Waals surface area contributed by atoms with Gasteiger partial charge in [-0.15, -0.1) is 0 Å². The summed E-state index contributed by atoms with van der Waals surface area (Å²) in [7, 11) is 0. The Bertz CT molecular complexity index is 674. The first kappa shape index (κ1) is 20.8. The molecule has 0 unspecified atom stereocenters. The number of rotatable bonds is 6. The van der Waals surface area contributed by atoms with Gasteiger partial charge in [0.1, 0.15) is 0 Å². The molecule has 2 aromatic rings. The molecule has 0 aliphatic carbocycles. The third kappa shape index (κ3) is 5.78. The summed E-state index contributed by atoms with van der Waals surface area (Å²) in [6, 6.07) is 14.6. The molecule has 0 spiro atoms. The minimum Gasteiger partial charge on any atom is -0.396 e. The molecule has 5 N–H and O–H groups in total. The van der Waals surface area contributed by atoms with Crippen LogP contribution in [-0.2, 0) is 11.3 Å². The molecule has 1 fully saturated rings. The van der Waals surface area contributed by atoms with Gasteiger partial charge in [-0.25, -0.2) is 0 Å². The molecule has 0 bridgehead atoms. The number of aliphatic hydroxyl groups is 1. The molecule has 0 radical (unpaired) electrons. The van der Waals surface area contributed by atoms with Crippen molar-refractivity contribution in [3.63, 3.8) is 0 Å². The SMILES string of the molecule is CC(C)C[C@@]1(CCO)CO[C@@H](CN)C1.NCc1ccc2ccccc2c1. The summed E-state index contributed by atoms with van der Waals surface area (Å²) in [5.74, 6) is 0.654. The molecule has 1 aliphatic heterocycles. The van der Waals surface area contributed by atoms with Crippen LogP contribution in [0.5, 0.6) is 0 Å². The quantitative estimate of drug-likeness (QED) is 0.739. The van der Waals surface area contributed by atoms with Gasteiger partial charge in [0, 0.05) is 19.7 Å². The molecule has 1 heterocycles. The third-order valence-corrected chi connectivity index (χ3v) is 5.08. The van der Waals surface area contributed by atoms with Crippen LogP contribution in [0.2, 0.25) is 0 Å². The maximum absolute atomic E-state index is 9.08. The van der Waals surface area contributed by atoms with Crippen LogP contribution >= 0.6 is 0 Å². The third-order valence-electron chi connectivity index (χ3n) is 5.08. The van der Waals surface area contributed by atoms with Gasteiger partial charge in [-0.05, 0) is 53.0 Å². The number of hydrogen-bond donors (Lipinski definition) is 3. The Hall–Kier alpha value is -1.46. The summed E-state index contributed by atoms with van der Waals surface area (Å²) >= 11 is 0. The second kappa shape index (κ2) is 10.0. The Morgan fingerprint density at radius 1 is 1.15 bits per heavy atom. The van der Waals surface area contributed by atoms with E-state index in [2.05, 4.69) is 44.2 Å². The van der Waals surface area contributed by atoms with E-state index in [1.165, 1.54) is 16.3 Å². The summed E-state index contributed by atoms with van der Waals surface area (Å²) in [6.07, 6.45) is 3.20. The minimum atomic E-state index is 0.187. The van der Waals surface area contributed by atoms with Gasteiger partial charge in [-0.3, -0.25) is 0 Å². The summed E-state index contributed by atoms with van der Waals surface area (Å²) in [6.45, 7) is 6.68. The normalized spacial score (nSPS) is 22.5. The zero-order valence-corrected chi connectivity index (χ0v) is 16.2. The summed E-state index contributed by atoms with van der Waals surface area (Å²) in [4.78, 5) is 0. The number of benzene rings is 2. The van der Waals surface area contributed by atoms with Crippen LogP contribution in [0, 0.1) is 11.3 Å². The lowest BCUT2D eigenvalue weighted by Crippen LogP contribution is -2.26. The highest BCUT2D eigenvalue weighted by Gasteiger charge is 2.39. The molecular formula is C22H34N2O2. The van der Waals surface area contributed by atoms with Crippen LogP contribution in [0.25, 0.3) is 10.8 Å². The molecule has 3 rings (SSSR count). The van der Waals surface area contributed by atoms with Gasteiger partial charge in [-0.1, -0.05) is 50.2 Å². The molecule has 4 heteroatoms. The fourth-order valence-corrected chi connectivity index (χ4v) is 3.93. The van der Waals surface area contributed by atoms with Crippen LogP contribution in [0.4, 0.5) is 0 Å². The van der Waals surface area contributed by atoms with E-state index in [0.717, 1.165) is 25.9 Å². The van der Waals surface area contributed by atoms with Crippen molar-refractivity contribution in [2.45, 2.75) is 45.8 Å². The maximum atomic E-state index is 9.08. The van der Waals surface area contributed by atoms with E-state index < -0.39 is 0 Å². The predicted octanol–water partition coefficient (Wildman–Crippen LogP) is 3.45. The predicted molar refractivity (Wildman–Crippen MR) is 109 cm³/mol. The number of aliphatic hydroxyl groups excluding tert-OH is 1. The molecule has 2 atom stereocenters. The monoisotopic (exact) mass is 358 g/mol. The zero-order valence-electron chi connectivity index (χ0n) is 16.2. The average molecular weight is 359 g/mol. The van der Waals surface area contributed by atoms with Crippen molar-refractivity contribution in [2.24, 2.45) is 22.8 Å². The molecular weight excluding hydrogens is 324 g/mol. The molecule has 2 aromatic carbocycles. The van der Waals surface area contributed by atoms with Gasteiger partial charge in [0.25, 0.3) is 0 Å². The smallest absolute Gasteiger partial charge is 0.0703 e. The van der Waals surface area contributed by atoms with Crippen LogP contribution < -0.4 is 11.5 Å². The summed E-state index contributed by atoms with van der Waals surface area (Å²) in [5, 5.41) is 11.6. The minimum absolute atomic E-state index is 0.187. The van der Waals surface area contributed by atoms with Gasteiger partial charge in [0.15, 0.2) is 0 Å². The van der Waals surface area contributed by atoms with E-state index in [0.29, 0.717) is 19.0 Å². The Balaban J connectivity index is 0.000000189. The molecule has 0 aromatic heterocycles. The highest BCUT2D eigenvalue weighted by Crippen LogP contribution is 2.41. The topological polar surface area (TPSA) is 81.5 Å². The van der Waals surface area contributed by atoms with E-state index in [-0.39, 0.29) is 18.1 Å². The first-order valence-corrected chi connectivity index (χ1v) is 9.62. The first-order valence-electron chi connectivity index (χ1n) is 9.62. The van der Waals surface area contributed by atoms with Gasteiger partial charge in [-0.2, -0.15) is 0 Å². The van der Waals surface area contributed by atoms with E-state index in [1.807, 2.05) is 12.1 Å². The van der Waals surface area contributed by atoms with E-state index >= 15 is 0 Å². The molecule has 0 amide bonds. The van der Waals surface area contributed by atoms with Crippen molar-refractivity contribution in [1.29, 1.82) is 0 Å².